The van der Waals surface area contributed by atoms with Crippen LogP contribution in [0, 0.1) is 5.92 Å². The summed E-state index contributed by atoms with van der Waals surface area (Å²) in [6.45, 7) is 3.05. The first-order valence-electron chi connectivity index (χ1n) is 6.99. The molecule has 1 fully saturated rings. The molecule has 1 atom stereocenters. The molecule has 116 valence electrons. The molecule has 0 aromatic heterocycles. The highest BCUT2D eigenvalue weighted by molar-refractivity contribution is 7.89. The highest BCUT2D eigenvalue weighted by Gasteiger charge is 2.20. The van der Waals surface area contributed by atoms with E-state index in [0.29, 0.717) is 6.54 Å². The smallest absolute Gasteiger partial charge is 0.238 e. The van der Waals surface area contributed by atoms with E-state index in [0.717, 1.165) is 18.0 Å². The SMILES string of the molecule is CC(NC(=O)CNCC1CC1)c1ccc(S(N)(=O)=O)cc1. The number of nitrogens with one attached hydrogen (secondary N) is 2. The molecule has 0 aliphatic heterocycles. The zero-order valence-corrected chi connectivity index (χ0v) is 12.8. The van der Waals surface area contributed by atoms with Crippen molar-refractivity contribution in [3.8, 4) is 0 Å². The van der Waals surface area contributed by atoms with E-state index >= 15 is 0 Å². The van der Waals surface area contributed by atoms with Crippen LogP contribution in [0.1, 0.15) is 31.4 Å². The third-order valence-electron chi connectivity index (χ3n) is 3.50. The molecule has 0 bridgehead atoms. The molecule has 2 rings (SSSR count). The zero-order chi connectivity index (χ0) is 15.5. The van der Waals surface area contributed by atoms with E-state index in [2.05, 4.69) is 10.6 Å². The van der Waals surface area contributed by atoms with Crippen LogP contribution in [0.25, 0.3) is 0 Å². The molecule has 6 nitrogen and oxygen atoms in total. The first-order valence-corrected chi connectivity index (χ1v) is 8.54. The number of nitrogens with two attached hydrogens (primary N) is 1. The Balaban J connectivity index is 1.84. The van der Waals surface area contributed by atoms with Gasteiger partial charge in [-0.3, -0.25) is 4.79 Å². The molecule has 0 spiro atoms. The number of benzene rings is 1. The fourth-order valence-electron chi connectivity index (χ4n) is 2.03. The van der Waals surface area contributed by atoms with Gasteiger partial charge in [-0.25, -0.2) is 13.6 Å². The van der Waals surface area contributed by atoms with Crippen LogP contribution in [0.2, 0.25) is 0 Å². The van der Waals surface area contributed by atoms with Crippen LogP contribution in [0.5, 0.6) is 0 Å². The number of carbonyl (C=O) groups excluding carboxylic acids is 1. The Bertz CT molecular complexity index is 594. The molecule has 1 aliphatic rings. The molecule has 0 heterocycles. The summed E-state index contributed by atoms with van der Waals surface area (Å²) >= 11 is 0. The number of carbonyl (C=O) groups is 1. The summed E-state index contributed by atoms with van der Waals surface area (Å²) in [6, 6.07) is 6.01. The Morgan fingerprint density at radius 2 is 1.95 bits per heavy atom. The predicted molar refractivity (Wildman–Crippen MR) is 80.0 cm³/mol. The maximum absolute atomic E-state index is 11.8. The van der Waals surface area contributed by atoms with Crippen molar-refractivity contribution in [2.24, 2.45) is 11.1 Å². The predicted octanol–water partition coefficient (Wildman–Crippen LogP) is 0.511. The molecule has 1 amide bonds. The van der Waals surface area contributed by atoms with Crippen molar-refractivity contribution in [2.45, 2.75) is 30.7 Å². The maximum atomic E-state index is 11.8. The summed E-state index contributed by atoms with van der Waals surface area (Å²) in [5, 5.41) is 11.0. The lowest BCUT2D eigenvalue weighted by atomic mass is 10.1. The Morgan fingerprint density at radius 1 is 1.33 bits per heavy atom. The average molecular weight is 311 g/mol. The highest BCUT2D eigenvalue weighted by Crippen LogP contribution is 2.27. The largest absolute Gasteiger partial charge is 0.348 e. The minimum absolute atomic E-state index is 0.0656. The third-order valence-corrected chi connectivity index (χ3v) is 4.43. The van der Waals surface area contributed by atoms with E-state index in [9.17, 15) is 13.2 Å². The lowest BCUT2D eigenvalue weighted by Crippen LogP contribution is -2.36. The van der Waals surface area contributed by atoms with Crippen molar-refractivity contribution in [2.75, 3.05) is 13.1 Å². The standard InChI is InChI=1S/C14H21N3O3S/c1-10(17-14(18)9-16-8-11-2-3-11)12-4-6-13(7-5-12)21(15,19)20/h4-7,10-11,16H,2-3,8-9H2,1H3,(H,17,18)(H2,15,19,20). The van der Waals surface area contributed by atoms with E-state index < -0.39 is 10.0 Å². The summed E-state index contributed by atoms with van der Waals surface area (Å²) < 4.78 is 22.3. The van der Waals surface area contributed by atoms with Crippen LogP contribution in [-0.4, -0.2) is 27.4 Å². The van der Waals surface area contributed by atoms with Crippen LogP contribution in [0.15, 0.2) is 29.2 Å². The average Bonchev–Trinajstić information content (AvgIpc) is 3.22. The molecule has 21 heavy (non-hydrogen) atoms. The Morgan fingerprint density at radius 3 is 2.48 bits per heavy atom. The van der Waals surface area contributed by atoms with Crippen LogP contribution in [0.3, 0.4) is 0 Å². The van der Waals surface area contributed by atoms with E-state index in [-0.39, 0.29) is 16.8 Å². The fourth-order valence-corrected chi connectivity index (χ4v) is 2.55. The Kier molecular flexibility index (Phi) is 4.97. The summed E-state index contributed by atoms with van der Waals surface area (Å²) in [6.07, 6.45) is 2.50. The second kappa shape index (κ2) is 6.55. The molecule has 1 aromatic rings. The number of hydrogen-bond donors (Lipinski definition) is 3. The second-order valence-electron chi connectivity index (χ2n) is 5.48. The molecule has 0 radical (unpaired) electrons. The topological polar surface area (TPSA) is 101 Å². The summed E-state index contributed by atoms with van der Waals surface area (Å²) in [4.78, 5) is 11.8. The summed E-state index contributed by atoms with van der Waals surface area (Å²) in [7, 11) is -3.68. The van der Waals surface area contributed by atoms with Gasteiger partial charge in [0.15, 0.2) is 0 Å². The van der Waals surface area contributed by atoms with Crippen molar-refractivity contribution < 1.29 is 13.2 Å². The van der Waals surface area contributed by atoms with Crippen LogP contribution in [0.4, 0.5) is 0 Å². The van der Waals surface area contributed by atoms with E-state index in [1.54, 1.807) is 12.1 Å². The minimum atomic E-state index is -3.68. The Hall–Kier alpha value is -1.44. The minimum Gasteiger partial charge on any atom is -0.348 e. The number of rotatable bonds is 7. The lowest BCUT2D eigenvalue weighted by Gasteiger charge is -2.15. The third kappa shape index (κ3) is 5.11. The highest BCUT2D eigenvalue weighted by atomic mass is 32.2. The normalized spacial score (nSPS) is 16.5. The van der Waals surface area contributed by atoms with Crippen LogP contribution >= 0.6 is 0 Å². The molecule has 4 N–H and O–H groups in total. The number of amides is 1. The fraction of sp³-hybridized carbons (Fsp3) is 0.500. The first-order chi connectivity index (χ1) is 9.86. The van der Waals surface area contributed by atoms with Gasteiger partial charge in [0.05, 0.1) is 17.5 Å². The molecule has 1 saturated carbocycles. The van der Waals surface area contributed by atoms with Gasteiger partial charge in [0.2, 0.25) is 15.9 Å². The molecular weight excluding hydrogens is 290 g/mol. The van der Waals surface area contributed by atoms with Gasteiger partial charge >= 0.3 is 0 Å². The zero-order valence-electron chi connectivity index (χ0n) is 12.0. The van der Waals surface area contributed by atoms with Crippen molar-refractivity contribution in [3.05, 3.63) is 29.8 Å². The number of primary sulfonamides is 1. The van der Waals surface area contributed by atoms with E-state index in [1.165, 1.54) is 25.0 Å². The van der Waals surface area contributed by atoms with E-state index in [1.807, 2.05) is 6.92 Å². The summed E-state index contributed by atoms with van der Waals surface area (Å²) in [5.74, 6) is 0.666. The van der Waals surface area contributed by atoms with Gasteiger partial charge in [-0.2, -0.15) is 0 Å². The second-order valence-corrected chi connectivity index (χ2v) is 7.04. The van der Waals surface area contributed by atoms with Crippen LogP contribution < -0.4 is 15.8 Å². The van der Waals surface area contributed by atoms with Gasteiger partial charge in [0.1, 0.15) is 0 Å². The molecule has 1 unspecified atom stereocenters. The van der Waals surface area contributed by atoms with Gasteiger partial charge in [-0.15, -0.1) is 0 Å². The lowest BCUT2D eigenvalue weighted by molar-refractivity contribution is -0.120. The maximum Gasteiger partial charge on any atom is 0.238 e. The van der Waals surface area contributed by atoms with Crippen molar-refractivity contribution >= 4 is 15.9 Å². The first kappa shape index (κ1) is 15.9. The van der Waals surface area contributed by atoms with Gasteiger partial charge in [-0.1, -0.05) is 12.1 Å². The van der Waals surface area contributed by atoms with Crippen LogP contribution in [-0.2, 0) is 14.8 Å². The number of sulfonamides is 1. The van der Waals surface area contributed by atoms with Gasteiger partial charge in [0, 0.05) is 0 Å². The van der Waals surface area contributed by atoms with Gasteiger partial charge < -0.3 is 10.6 Å². The Labute approximate surface area is 125 Å². The van der Waals surface area contributed by atoms with Crippen molar-refractivity contribution in [1.82, 2.24) is 10.6 Å². The van der Waals surface area contributed by atoms with Crippen molar-refractivity contribution in [1.29, 1.82) is 0 Å². The van der Waals surface area contributed by atoms with Gasteiger partial charge in [-0.05, 0) is 49.9 Å². The summed E-state index contributed by atoms with van der Waals surface area (Å²) in [5.41, 5.74) is 0.831. The van der Waals surface area contributed by atoms with E-state index in [4.69, 9.17) is 5.14 Å². The van der Waals surface area contributed by atoms with Crippen molar-refractivity contribution in [3.63, 3.8) is 0 Å². The molecule has 1 aliphatic carbocycles. The quantitative estimate of drug-likeness (QED) is 0.683. The molecular formula is C14H21N3O3S. The van der Waals surface area contributed by atoms with Gasteiger partial charge in [0.25, 0.3) is 0 Å². The molecule has 1 aromatic carbocycles. The molecule has 0 saturated heterocycles. The molecule has 7 heteroatoms. The number of hydrogen-bond acceptors (Lipinski definition) is 4. The monoisotopic (exact) mass is 311 g/mol.